The van der Waals surface area contributed by atoms with E-state index in [0.717, 1.165) is 16.6 Å². The molecule has 0 aliphatic heterocycles. The lowest BCUT2D eigenvalue weighted by atomic mass is 9.90. The van der Waals surface area contributed by atoms with Crippen LogP contribution in [0, 0.1) is 5.82 Å². The van der Waals surface area contributed by atoms with Gasteiger partial charge in [0.25, 0.3) is 0 Å². The molecule has 0 radical (unpaired) electrons. The second kappa shape index (κ2) is 5.37. The monoisotopic (exact) mass is 295 g/mol. The van der Waals surface area contributed by atoms with Crippen molar-refractivity contribution in [3.8, 4) is 0 Å². The van der Waals surface area contributed by atoms with Gasteiger partial charge in [0.15, 0.2) is 5.82 Å². The number of aromatic nitrogens is 2. The van der Waals surface area contributed by atoms with Gasteiger partial charge in [0.1, 0.15) is 0 Å². The molecule has 4 heteroatoms. The first-order chi connectivity index (χ1) is 10.5. The highest BCUT2D eigenvalue weighted by molar-refractivity contribution is 5.93. The zero-order valence-electron chi connectivity index (χ0n) is 12.9. The molecule has 2 heterocycles. The first kappa shape index (κ1) is 14.4. The molecule has 0 fully saturated rings. The van der Waals surface area contributed by atoms with E-state index in [1.54, 1.807) is 12.4 Å². The van der Waals surface area contributed by atoms with Crippen molar-refractivity contribution in [1.82, 2.24) is 9.97 Å². The van der Waals surface area contributed by atoms with Crippen molar-refractivity contribution < 1.29 is 4.39 Å². The summed E-state index contributed by atoms with van der Waals surface area (Å²) >= 11 is 0. The van der Waals surface area contributed by atoms with Gasteiger partial charge in [-0.3, -0.25) is 4.98 Å². The van der Waals surface area contributed by atoms with E-state index in [1.807, 2.05) is 57.2 Å². The average Bonchev–Trinajstić information content (AvgIpc) is 2.50. The molecule has 22 heavy (non-hydrogen) atoms. The van der Waals surface area contributed by atoms with E-state index in [-0.39, 0.29) is 11.2 Å². The Hall–Kier alpha value is -2.49. The van der Waals surface area contributed by atoms with Gasteiger partial charge >= 0.3 is 0 Å². The third-order valence-electron chi connectivity index (χ3n) is 3.49. The van der Waals surface area contributed by atoms with Crippen LogP contribution < -0.4 is 5.32 Å². The van der Waals surface area contributed by atoms with Crippen LogP contribution in [-0.2, 0) is 5.41 Å². The van der Waals surface area contributed by atoms with Gasteiger partial charge < -0.3 is 5.32 Å². The molecule has 3 rings (SSSR count). The van der Waals surface area contributed by atoms with Crippen molar-refractivity contribution >= 4 is 22.3 Å². The Balaban J connectivity index is 2.24. The van der Waals surface area contributed by atoms with Crippen LogP contribution >= 0.6 is 0 Å². The van der Waals surface area contributed by atoms with E-state index >= 15 is 4.39 Å². The van der Waals surface area contributed by atoms with E-state index in [9.17, 15) is 0 Å². The third kappa shape index (κ3) is 2.64. The van der Waals surface area contributed by atoms with Crippen molar-refractivity contribution in [3.63, 3.8) is 0 Å². The Bertz CT molecular complexity index is 808. The minimum Gasteiger partial charge on any atom is -0.352 e. The molecule has 0 aliphatic rings. The first-order valence-corrected chi connectivity index (χ1v) is 7.22. The maximum Gasteiger partial charge on any atom is 0.169 e. The Morgan fingerprint density at radius 2 is 1.68 bits per heavy atom. The van der Waals surface area contributed by atoms with Crippen LogP contribution in [0.5, 0.6) is 0 Å². The first-order valence-electron chi connectivity index (χ1n) is 7.22. The molecular weight excluding hydrogens is 277 g/mol. The van der Waals surface area contributed by atoms with Crippen LogP contribution in [0.1, 0.15) is 26.5 Å². The van der Waals surface area contributed by atoms with E-state index in [4.69, 9.17) is 0 Å². The fraction of sp³-hybridized carbons (Fsp3) is 0.222. The molecule has 0 unspecified atom stereocenters. The molecule has 1 N–H and O–H groups in total. The summed E-state index contributed by atoms with van der Waals surface area (Å²) in [5, 5.41) is 3.94. The molecule has 0 bridgehead atoms. The fourth-order valence-electron chi connectivity index (χ4n) is 2.39. The normalized spacial score (nSPS) is 11.6. The number of fused-ring (bicyclic) bond motifs is 1. The minimum atomic E-state index is -0.372. The lowest BCUT2D eigenvalue weighted by molar-refractivity contribution is 0.508. The number of para-hydroxylation sites is 1. The summed E-state index contributed by atoms with van der Waals surface area (Å²) in [6, 6.07) is 11.2. The Morgan fingerprint density at radius 1 is 1.00 bits per heavy atom. The molecule has 0 aliphatic carbocycles. The molecule has 3 nitrogen and oxygen atoms in total. The van der Waals surface area contributed by atoms with Gasteiger partial charge in [-0.25, -0.2) is 9.37 Å². The van der Waals surface area contributed by atoms with Crippen molar-refractivity contribution in [3.05, 3.63) is 60.3 Å². The SMILES string of the molecule is CC(C)(C)c1nc2ccccc2c(Nc2ccncc2)c1F. The number of nitrogens with one attached hydrogen (secondary N) is 1. The van der Waals surface area contributed by atoms with Crippen molar-refractivity contribution in [2.75, 3.05) is 5.32 Å². The number of hydrogen-bond acceptors (Lipinski definition) is 3. The lowest BCUT2D eigenvalue weighted by Gasteiger charge is -2.22. The topological polar surface area (TPSA) is 37.8 Å². The predicted molar refractivity (Wildman–Crippen MR) is 87.9 cm³/mol. The lowest BCUT2D eigenvalue weighted by Crippen LogP contribution is -2.17. The van der Waals surface area contributed by atoms with Crippen LogP contribution in [0.25, 0.3) is 10.9 Å². The maximum atomic E-state index is 15.0. The van der Waals surface area contributed by atoms with Gasteiger partial charge in [-0.05, 0) is 18.2 Å². The van der Waals surface area contributed by atoms with E-state index in [1.165, 1.54) is 0 Å². The number of rotatable bonds is 2. The third-order valence-corrected chi connectivity index (χ3v) is 3.49. The van der Waals surface area contributed by atoms with Crippen molar-refractivity contribution in [2.24, 2.45) is 0 Å². The predicted octanol–water partition coefficient (Wildman–Crippen LogP) is 4.81. The molecule has 0 saturated carbocycles. The van der Waals surface area contributed by atoms with Gasteiger partial charge in [0.05, 0.1) is 16.9 Å². The second-order valence-corrected chi connectivity index (χ2v) is 6.28. The number of nitrogens with zero attached hydrogens (tertiary/aromatic N) is 2. The summed E-state index contributed by atoms with van der Waals surface area (Å²) in [5.41, 5.74) is 2.13. The van der Waals surface area contributed by atoms with Crippen LogP contribution in [0.3, 0.4) is 0 Å². The van der Waals surface area contributed by atoms with Crippen molar-refractivity contribution in [2.45, 2.75) is 26.2 Å². The molecular formula is C18H18FN3. The molecule has 1 aromatic carbocycles. The molecule has 0 spiro atoms. The Kier molecular flexibility index (Phi) is 3.53. The Labute approximate surface area is 129 Å². The molecule has 0 amide bonds. The standard InChI is InChI=1S/C18H18FN3/c1-18(2,3)17-15(19)16(21-12-8-10-20-11-9-12)13-6-4-5-7-14(13)22-17/h4-11H,1-3H3,(H,20,21,22). The molecule has 0 saturated heterocycles. The second-order valence-electron chi connectivity index (χ2n) is 6.28. The highest BCUT2D eigenvalue weighted by atomic mass is 19.1. The number of benzene rings is 1. The molecule has 3 aromatic rings. The number of pyridine rings is 2. The number of hydrogen-bond donors (Lipinski definition) is 1. The average molecular weight is 295 g/mol. The van der Waals surface area contributed by atoms with Gasteiger partial charge in [-0.2, -0.15) is 0 Å². The summed E-state index contributed by atoms with van der Waals surface area (Å²) in [6.45, 7) is 5.89. The highest BCUT2D eigenvalue weighted by Gasteiger charge is 2.24. The summed E-state index contributed by atoms with van der Waals surface area (Å²) in [5.74, 6) is -0.303. The highest BCUT2D eigenvalue weighted by Crippen LogP contribution is 2.34. The van der Waals surface area contributed by atoms with Crippen molar-refractivity contribution in [1.29, 1.82) is 0 Å². The Morgan fingerprint density at radius 3 is 2.36 bits per heavy atom. The summed E-state index contributed by atoms with van der Waals surface area (Å²) in [4.78, 5) is 8.50. The van der Waals surface area contributed by atoms with Gasteiger partial charge in [-0.1, -0.05) is 39.0 Å². The molecule has 0 atom stereocenters. The maximum absolute atomic E-state index is 15.0. The summed E-state index contributed by atoms with van der Waals surface area (Å²) < 4.78 is 15.0. The smallest absolute Gasteiger partial charge is 0.169 e. The fourth-order valence-corrected chi connectivity index (χ4v) is 2.39. The van der Waals surface area contributed by atoms with Gasteiger partial charge in [0, 0.05) is 28.9 Å². The quantitative estimate of drug-likeness (QED) is 0.737. The van der Waals surface area contributed by atoms with E-state index in [0.29, 0.717) is 11.4 Å². The van der Waals surface area contributed by atoms with Crippen LogP contribution in [0.2, 0.25) is 0 Å². The van der Waals surface area contributed by atoms with Crippen LogP contribution in [0.4, 0.5) is 15.8 Å². The zero-order valence-corrected chi connectivity index (χ0v) is 12.9. The van der Waals surface area contributed by atoms with Crippen LogP contribution in [-0.4, -0.2) is 9.97 Å². The summed E-state index contributed by atoms with van der Waals surface area (Å²) in [7, 11) is 0. The minimum absolute atomic E-state index is 0.303. The number of anilines is 2. The van der Waals surface area contributed by atoms with Gasteiger partial charge in [-0.15, -0.1) is 0 Å². The zero-order chi connectivity index (χ0) is 15.7. The van der Waals surface area contributed by atoms with Crippen LogP contribution in [0.15, 0.2) is 48.8 Å². The largest absolute Gasteiger partial charge is 0.352 e. The molecule has 2 aromatic heterocycles. The number of halogens is 1. The molecule has 112 valence electrons. The van der Waals surface area contributed by atoms with E-state index < -0.39 is 0 Å². The van der Waals surface area contributed by atoms with Gasteiger partial charge in [0.2, 0.25) is 0 Å². The summed E-state index contributed by atoms with van der Waals surface area (Å²) in [6.07, 6.45) is 3.35. The van der Waals surface area contributed by atoms with E-state index in [2.05, 4.69) is 15.3 Å².